The summed E-state index contributed by atoms with van der Waals surface area (Å²) in [7, 11) is 0. The molecule has 0 saturated carbocycles. The molecule has 0 saturated heterocycles. The Labute approximate surface area is 137 Å². The van der Waals surface area contributed by atoms with Crippen LogP contribution >= 0.6 is 0 Å². The van der Waals surface area contributed by atoms with Crippen molar-refractivity contribution >= 4 is 6.47 Å². The molecule has 22 heavy (non-hydrogen) atoms. The van der Waals surface area contributed by atoms with Crippen molar-refractivity contribution in [2.24, 2.45) is 0 Å². The minimum atomic E-state index is -0.250. The van der Waals surface area contributed by atoms with Crippen molar-refractivity contribution in [2.75, 3.05) is 6.61 Å². The van der Waals surface area contributed by atoms with Gasteiger partial charge in [0.2, 0.25) is 0 Å². The van der Waals surface area contributed by atoms with Gasteiger partial charge in [-0.1, -0.05) is 77.4 Å². The third-order valence-electron chi connectivity index (χ3n) is 3.26. The van der Waals surface area contributed by atoms with Crippen LogP contribution in [0.4, 0.5) is 0 Å². The second-order valence-corrected chi connectivity index (χ2v) is 5.35. The van der Waals surface area contributed by atoms with Crippen molar-refractivity contribution in [2.45, 2.75) is 84.5 Å². The van der Waals surface area contributed by atoms with Gasteiger partial charge < -0.3 is 9.84 Å². The van der Waals surface area contributed by atoms with Crippen molar-refractivity contribution in [3.8, 4) is 0 Å². The molecule has 0 spiro atoms. The predicted octanol–water partition coefficient (Wildman–Crippen LogP) is 6.10. The van der Waals surface area contributed by atoms with E-state index in [1.54, 1.807) is 0 Å². The lowest BCUT2D eigenvalue weighted by atomic mass is 10.1. The molecule has 3 heteroatoms. The highest BCUT2D eigenvalue weighted by Gasteiger charge is 1.90. The van der Waals surface area contributed by atoms with Gasteiger partial charge in [0.05, 0.1) is 12.9 Å². The first-order valence-corrected chi connectivity index (χ1v) is 8.84. The summed E-state index contributed by atoms with van der Waals surface area (Å²) in [5, 5.41) is 6.89. The molecular weight excluding hydrogens is 276 g/mol. The van der Waals surface area contributed by atoms with Gasteiger partial charge in [0.1, 0.15) is 0 Å². The molecule has 0 atom stereocenters. The van der Waals surface area contributed by atoms with Gasteiger partial charge in [0, 0.05) is 0 Å². The van der Waals surface area contributed by atoms with Crippen molar-refractivity contribution in [1.29, 1.82) is 0 Å². The van der Waals surface area contributed by atoms with Crippen LogP contribution in [-0.4, -0.2) is 18.2 Å². The zero-order valence-electron chi connectivity index (χ0n) is 14.6. The van der Waals surface area contributed by atoms with Gasteiger partial charge >= 0.3 is 0 Å². The van der Waals surface area contributed by atoms with Crippen LogP contribution in [0.1, 0.15) is 84.5 Å². The third kappa shape index (κ3) is 27.2. The SMILES string of the molecule is CCCCC/C=C\C=C\OCCCCCCCCC.O=CO. The van der Waals surface area contributed by atoms with Crippen LogP contribution in [0.25, 0.3) is 0 Å². The topological polar surface area (TPSA) is 46.5 Å². The van der Waals surface area contributed by atoms with E-state index < -0.39 is 0 Å². The number of carbonyl (C=O) groups is 1. The molecule has 0 radical (unpaired) electrons. The fourth-order valence-electron chi connectivity index (χ4n) is 2.00. The lowest BCUT2D eigenvalue weighted by molar-refractivity contribution is -0.122. The maximum atomic E-state index is 8.36. The van der Waals surface area contributed by atoms with E-state index in [0.717, 1.165) is 6.61 Å². The van der Waals surface area contributed by atoms with Crippen LogP contribution < -0.4 is 0 Å². The van der Waals surface area contributed by atoms with Crippen LogP contribution in [0.15, 0.2) is 24.5 Å². The van der Waals surface area contributed by atoms with Gasteiger partial charge in [-0.3, -0.25) is 4.79 Å². The first kappa shape index (κ1) is 23.0. The van der Waals surface area contributed by atoms with E-state index in [-0.39, 0.29) is 6.47 Å². The van der Waals surface area contributed by atoms with Crippen LogP contribution in [0.2, 0.25) is 0 Å². The van der Waals surface area contributed by atoms with E-state index in [9.17, 15) is 0 Å². The second-order valence-electron chi connectivity index (χ2n) is 5.35. The van der Waals surface area contributed by atoms with Crippen molar-refractivity contribution in [3.05, 3.63) is 24.5 Å². The summed E-state index contributed by atoms with van der Waals surface area (Å²) >= 11 is 0. The fourth-order valence-corrected chi connectivity index (χ4v) is 2.00. The van der Waals surface area contributed by atoms with Crippen LogP contribution in [0.5, 0.6) is 0 Å². The summed E-state index contributed by atoms with van der Waals surface area (Å²) in [6.45, 7) is 5.12. The Morgan fingerprint density at radius 1 is 0.818 bits per heavy atom. The molecule has 0 aliphatic rings. The largest absolute Gasteiger partial charge is 0.501 e. The average Bonchev–Trinajstić information content (AvgIpc) is 2.52. The Kier molecular flexibility index (Phi) is 25.9. The Bertz CT molecular complexity index is 247. The molecule has 0 amide bonds. The van der Waals surface area contributed by atoms with E-state index in [0.29, 0.717) is 0 Å². The summed E-state index contributed by atoms with van der Waals surface area (Å²) in [4.78, 5) is 8.36. The molecule has 0 fully saturated rings. The highest BCUT2D eigenvalue weighted by molar-refractivity contribution is 5.32. The number of hydrogen-bond donors (Lipinski definition) is 1. The first-order chi connectivity index (χ1) is 10.8. The molecule has 0 rings (SSSR count). The molecule has 0 aromatic rings. The van der Waals surface area contributed by atoms with Crippen molar-refractivity contribution in [3.63, 3.8) is 0 Å². The van der Waals surface area contributed by atoms with E-state index in [1.165, 1.54) is 70.6 Å². The average molecular weight is 312 g/mol. The first-order valence-electron chi connectivity index (χ1n) is 8.84. The summed E-state index contributed by atoms with van der Waals surface area (Å²) < 4.78 is 5.46. The quantitative estimate of drug-likeness (QED) is 0.182. The maximum Gasteiger partial charge on any atom is 0.290 e. The Morgan fingerprint density at radius 3 is 2.00 bits per heavy atom. The molecule has 130 valence electrons. The molecule has 3 nitrogen and oxygen atoms in total. The highest BCUT2D eigenvalue weighted by atomic mass is 16.5. The molecule has 1 N–H and O–H groups in total. The molecule has 0 aliphatic heterocycles. The van der Waals surface area contributed by atoms with Gasteiger partial charge in [0.25, 0.3) is 6.47 Å². The Balaban J connectivity index is 0. The lowest BCUT2D eigenvalue weighted by Crippen LogP contribution is -1.87. The van der Waals surface area contributed by atoms with Gasteiger partial charge in [-0.25, -0.2) is 0 Å². The van der Waals surface area contributed by atoms with E-state index in [1.807, 2.05) is 12.3 Å². The van der Waals surface area contributed by atoms with Crippen LogP contribution in [0.3, 0.4) is 0 Å². The molecule has 0 heterocycles. The second kappa shape index (κ2) is 24.7. The number of rotatable bonds is 14. The maximum absolute atomic E-state index is 8.36. The molecule has 0 aromatic heterocycles. The monoisotopic (exact) mass is 312 g/mol. The zero-order chi connectivity index (χ0) is 16.7. The number of carboxylic acid groups (broad SMARTS) is 1. The molecular formula is C19H36O3. The summed E-state index contributed by atoms with van der Waals surface area (Å²) in [5.41, 5.74) is 0. The smallest absolute Gasteiger partial charge is 0.290 e. The highest BCUT2D eigenvalue weighted by Crippen LogP contribution is 2.06. The number of hydrogen-bond acceptors (Lipinski definition) is 2. The van der Waals surface area contributed by atoms with Gasteiger partial charge in [-0.05, 0) is 25.3 Å². The third-order valence-corrected chi connectivity index (χ3v) is 3.26. The zero-order valence-corrected chi connectivity index (χ0v) is 14.6. The minimum Gasteiger partial charge on any atom is -0.501 e. The van der Waals surface area contributed by atoms with Crippen LogP contribution in [0, 0.1) is 0 Å². The number of allylic oxidation sites excluding steroid dienone is 3. The molecule has 0 unspecified atom stereocenters. The number of unbranched alkanes of at least 4 members (excludes halogenated alkanes) is 9. The van der Waals surface area contributed by atoms with Crippen molar-refractivity contribution < 1.29 is 14.6 Å². The number of ether oxygens (including phenoxy) is 1. The minimum absolute atomic E-state index is 0.250. The van der Waals surface area contributed by atoms with Gasteiger partial charge in [-0.15, -0.1) is 0 Å². The summed E-state index contributed by atoms with van der Waals surface area (Å²) in [6.07, 6.45) is 22.7. The Hall–Kier alpha value is -1.25. The molecule has 0 aromatic carbocycles. The Morgan fingerprint density at radius 2 is 1.36 bits per heavy atom. The molecule has 0 bridgehead atoms. The summed E-state index contributed by atoms with van der Waals surface area (Å²) in [5.74, 6) is 0. The molecule has 0 aliphatic carbocycles. The fraction of sp³-hybridized carbons (Fsp3) is 0.737. The van der Waals surface area contributed by atoms with E-state index in [4.69, 9.17) is 14.6 Å². The van der Waals surface area contributed by atoms with E-state index in [2.05, 4.69) is 26.0 Å². The van der Waals surface area contributed by atoms with Gasteiger partial charge in [-0.2, -0.15) is 0 Å². The van der Waals surface area contributed by atoms with Gasteiger partial charge in [0.15, 0.2) is 0 Å². The lowest BCUT2D eigenvalue weighted by Gasteiger charge is -2.01. The van der Waals surface area contributed by atoms with Crippen molar-refractivity contribution in [1.82, 2.24) is 0 Å². The van der Waals surface area contributed by atoms with E-state index >= 15 is 0 Å². The predicted molar refractivity (Wildman–Crippen MR) is 95.1 cm³/mol. The standard InChI is InChI=1S/C18H34O.CH2O2/c1-3-5-7-9-11-13-15-17-19-18-16-14-12-10-8-6-4-2;2-1-3/h11,13,15,17H,3-10,12,14,16,18H2,1-2H3;1H,(H,2,3)/b13-11-,17-15+;. The normalized spacial score (nSPS) is 10.6. The van der Waals surface area contributed by atoms with Crippen LogP contribution in [-0.2, 0) is 9.53 Å². The summed E-state index contributed by atoms with van der Waals surface area (Å²) in [6, 6.07) is 0.